The first-order valence-corrected chi connectivity index (χ1v) is 3.59. The molecule has 0 spiro atoms. The van der Waals surface area contributed by atoms with Gasteiger partial charge in [-0.3, -0.25) is 9.59 Å². The Morgan fingerprint density at radius 1 is 1.50 bits per heavy atom. The summed E-state index contributed by atoms with van der Waals surface area (Å²) in [5.41, 5.74) is 0. The molecule has 0 aliphatic heterocycles. The van der Waals surface area contributed by atoms with Gasteiger partial charge in [0.05, 0.1) is 6.61 Å². The fourth-order valence-electron chi connectivity index (χ4n) is 0.769. The van der Waals surface area contributed by atoms with Crippen molar-refractivity contribution in [1.82, 2.24) is 10.6 Å². The molecule has 0 bridgehead atoms. The first-order valence-electron chi connectivity index (χ1n) is 3.59. The maximum Gasteiger partial charge on any atom is 0.244 e. The minimum Gasteiger partial charge on any atom is -0.382 e. The number of amides is 2. The first-order chi connectivity index (χ1) is 5.61. The van der Waals surface area contributed by atoms with Gasteiger partial charge in [-0.05, 0) is 0 Å². The molecule has 0 rings (SSSR count). The van der Waals surface area contributed by atoms with E-state index in [4.69, 9.17) is 4.74 Å². The van der Waals surface area contributed by atoms with Gasteiger partial charge in [0.2, 0.25) is 11.8 Å². The number of methoxy groups -OCH3 is 1. The van der Waals surface area contributed by atoms with Gasteiger partial charge < -0.3 is 15.4 Å². The Labute approximate surface area is 71.5 Å². The highest BCUT2D eigenvalue weighted by molar-refractivity contribution is 5.86. The van der Waals surface area contributed by atoms with E-state index in [2.05, 4.69) is 10.6 Å². The van der Waals surface area contributed by atoms with Gasteiger partial charge in [0.25, 0.3) is 0 Å². The van der Waals surface area contributed by atoms with Crippen LogP contribution in [0.1, 0.15) is 6.92 Å². The van der Waals surface area contributed by atoms with Crippen LogP contribution in [0.2, 0.25) is 0 Å². The van der Waals surface area contributed by atoms with E-state index in [0.29, 0.717) is 0 Å². The van der Waals surface area contributed by atoms with E-state index < -0.39 is 6.04 Å². The number of hydrogen-bond donors (Lipinski definition) is 2. The zero-order chi connectivity index (χ0) is 9.56. The molecule has 0 radical (unpaired) electrons. The second-order valence-electron chi connectivity index (χ2n) is 2.32. The largest absolute Gasteiger partial charge is 0.382 e. The minimum atomic E-state index is -0.600. The third-order valence-electron chi connectivity index (χ3n) is 1.27. The molecule has 2 N–H and O–H groups in total. The van der Waals surface area contributed by atoms with E-state index in [1.54, 1.807) is 0 Å². The SMILES string of the molecule is CNC(=O)[C@@H](COC)NC(C)=O. The van der Waals surface area contributed by atoms with Crippen LogP contribution in [-0.2, 0) is 14.3 Å². The average Bonchev–Trinajstić information content (AvgIpc) is 2.01. The molecule has 0 saturated carbocycles. The lowest BCUT2D eigenvalue weighted by Gasteiger charge is -2.14. The third kappa shape index (κ3) is 3.92. The first kappa shape index (κ1) is 10.9. The Hall–Kier alpha value is -1.10. The zero-order valence-electron chi connectivity index (χ0n) is 7.51. The van der Waals surface area contributed by atoms with Crippen LogP contribution in [0.15, 0.2) is 0 Å². The molecule has 5 heteroatoms. The lowest BCUT2D eigenvalue weighted by atomic mass is 10.3. The lowest BCUT2D eigenvalue weighted by Crippen LogP contribution is -2.47. The monoisotopic (exact) mass is 174 g/mol. The summed E-state index contributed by atoms with van der Waals surface area (Å²) in [6.07, 6.45) is 0. The van der Waals surface area contributed by atoms with Gasteiger partial charge in [-0.15, -0.1) is 0 Å². The van der Waals surface area contributed by atoms with E-state index in [-0.39, 0.29) is 18.4 Å². The molecule has 5 nitrogen and oxygen atoms in total. The normalized spacial score (nSPS) is 11.9. The molecule has 2 amide bonds. The van der Waals surface area contributed by atoms with E-state index in [1.807, 2.05) is 0 Å². The Morgan fingerprint density at radius 2 is 2.08 bits per heavy atom. The highest BCUT2D eigenvalue weighted by atomic mass is 16.5. The molecule has 70 valence electrons. The van der Waals surface area contributed by atoms with Gasteiger partial charge in [-0.25, -0.2) is 0 Å². The van der Waals surface area contributed by atoms with E-state index in [0.717, 1.165) is 0 Å². The molecule has 0 aromatic rings. The van der Waals surface area contributed by atoms with Crippen LogP contribution in [-0.4, -0.2) is 38.6 Å². The van der Waals surface area contributed by atoms with Crippen molar-refractivity contribution in [2.24, 2.45) is 0 Å². The van der Waals surface area contributed by atoms with Crippen molar-refractivity contribution in [3.63, 3.8) is 0 Å². The number of hydrogen-bond acceptors (Lipinski definition) is 3. The minimum absolute atomic E-state index is 0.180. The standard InChI is InChI=1S/C7H14N2O3/c1-5(10)9-6(4-12-3)7(11)8-2/h6H,4H2,1-3H3,(H,8,11)(H,9,10)/t6-/m1/s1. The van der Waals surface area contributed by atoms with E-state index >= 15 is 0 Å². The molecule has 0 unspecified atom stereocenters. The maximum atomic E-state index is 11.0. The fourth-order valence-corrected chi connectivity index (χ4v) is 0.769. The molecule has 12 heavy (non-hydrogen) atoms. The van der Waals surface area contributed by atoms with Crippen LogP contribution >= 0.6 is 0 Å². The van der Waals surface area contributed by atoms with Crippen LogP contribution in [0.5, 0.6) is 0 Å². The van der Waals surface area contributed by atoms with Crippen molar-refractivity contribution >= 4 is 11.8 Å². The topological polar surface area (TPSA) is 67.4 Å². The van der Waals surface area contributed by atoms with E-state index in [9.17, 15) is 9.59 Å². The predicted molar refractivity (Wildman–Crippen MR) is 43.5 cm³/mol. The molecule has 0 heterocycles. The second kappa shape index (κ2) is 5.54. The van der Waals surface area contributed by atoms with Crippen LogP contribution < -0.4 is 10.6 Å². The van der Waals surface area contributed by atoms with Crippen molar-refractivity contribution in [1.29, 1.82) is 0 Å². The van der Waals surface area contributed by atoms with Crippen molar-refractivity contribution in [2.75, 3.05) is 20.8 Å². The van der Waals surface area contributed by atoms with Crippen LogP contribution in [0.3, 0.4) is 0 Å². The Kier molecular flexibility index (Phi) is 5.03. The van der Waals surface area contributed by atoms with Crippen LogP contribution in [0, 0.1) is 0 Å². The summed E-state index contributed by atoms with van der Waals surface area (Å²) in [6, 6.07) is -0.600. The summed E-state index contributed by atoms with van der Waals surface area (Å²) < 4.78 is 4.75. The molecule has 0 fully saturated rings. The number of carbonyl (C=O) groups is 2. The van der Waals surface area contributed by atoms with E-state index in [1.165, 1.54) is 21.1 Å². The molecule has 0 aromatic heterocycles. The third-order valence-corrected chi connectivity index (χ3v) is 1.27. The number of rotatable bonds is 4. The van der Waals surface area contributed by atoms with Gasteiger partial charge in [0, 0.05) is 21.1 Å². The average molecular weight is 174 g/mol. The highest BCUT2D eigenvalue weighted by Crippen LogP contribution is 1.84. The molecular formula is C7H14N2O3. The molecule has 0 aliphatic carbocycles. The summed E-state index contributed by atoms with van der Waals surface area (Å²) in [5.74, 6) is -0.507. The Morgan fingerprint density at radius 3 is 2.42 bits per heavy atom. The number of likely N-dealkylation sites (N-methyl/N-ethyl adjacent to an activating group) is 1. The molecular weight excluding hydrogens is 160 g/mol. The number of ether oxygens (including phenoxy) is 1. The number of nitrogens with one attached hydrogen (secondary N) is 2. The second-order valence-corrected chi connectivity index (χ2v) is 2.32. The Balaban J connectivity index is 4.02. The predicted octanol–water partition coefficient (Wildman–Crippen LogP) is -1.12. The molecule has 0 saturated heterocycles. The smallest absolute Gasteiger partial charge is 0.244 e. The summed E-state index contributed by atoms with van der Waals surface area (Å²) in [7, 11) is 2.98. The van der Waals surface area contributed by atoms with Gasteiger partial charge in [-0.2, -0.15) is 0 Å². The van der Waals surface area contributed by atoms with Crippen molar-refractivity contribution in [3.8, 4) is 0 Å². The van der Waals surface area contributed by atoms with Crippen molar-refractivity contribution in [2.45, 2.75) is 13.0 Å². The van der Waals surface area contributed by atoms with Crippen molar-refractivity contribution in [3.05, 3.63) is 0 Å². The van der Waals surface area contributed by atoms with Gasteiger partial charge in [0.15, 0.2) is 0 Å². The summed E-state index contributed by atoms with van der Waals surface area (Å²) >= 11 is 0. The number of carbonyl (C=O) groups excluding carboxylic acids is 2. The van der Waals surface area contributed by atoms with Gasteiger partial charge in [-0.1, -0.05) is 0 Å². The molecule has 0 aromatic carbocycles. The van der Waals surface area contributed by atoms with Crippen molar-refractivity contribution < 1.29 is 14.3 Å². The summed E-state index contributed by atoms with van der Waals surface area (Å²) in [4.78, 5) is 21.6. The van der Waals surface area contributed by atoms with Crippen LogP contribution in [0.25, 0.3) is 0 Å². The summed E-state index contributed by atoms with van der Waals surface area (Å²) in [5, 5.41) is 4.88. The molecule has 0 aliphatic rings. The quantitative estimate of drug-likeness (QED) is 0.567. The van der Waals surface area contributed by atoms with Gasteiger partial charge >= 0.3 is 0 Å². The lowest BCUT2D eigenvalue weighted by molar-refractivity contribution is -0.129. The summed E-state index contributed by atoms with van der Waals surface area (Å²) in [6.45, 7) is 1.53. The Bertz CT molecular complexity index is 170. The van der Waals surface area contributed by atoms with Crippen LogP contribution in [0.4, 0.5) is 0 Å². The highest BCUT2D eigenvalue weighted by Gasteiger charge is 2.16. The molecule has 1 atom stereocenters. The maximum absolute atomic E-state index is 11.0. The fraction of sp³-hybridized carbons (Fsp3) is 0.714. The van der Waals surface area contributed by atoms with Gasteiger partial charge in [0.1, 0.15) is 6.04 Å². The zero-order valence-corrected chi connectivity index (χ0v) is 7.51.